The van der Waals surface area contributed by atoms with Crippen molar-refractivity contribution < 1.29 is 9.47 Å². The van der Waals surface area contributed by atoms with Crippen LogP contribution in [0.4, 0.5) is 0 Å². The largest absolute Gasteiger partial charge is 0.379 e. The number of alkyl halides is 1. The maximum atomic E-state index is 7.37. The van der Waals surface area contributed by atoms with Gasteiger partial charge in [-0.3, -0.25) is 9.80 Å². The number of hydrogen-bond acceptors (Lipinski definition) is 4. The summed E-state index contributed by atoms with van der Waals surface area (Å²) in [7, 11) is 0. The van der Waals surface area contributed by atoms with Gasteiger partial charge in [-0.25, -0.2) is 0 Å². The van der Waals surface area contributed by atoms with Crippen molar-refractivity contribution in [2.24, 2.45) is 0 Å². The van der Waals surface area contributed by atoms with E-state index in [1.54, 1.807) is 0 Å². The van der Waals surface area contributed by atoms with E-state index in [1.807, 2.05) is 0 Å². The van der Waals surface area contributed by atoms with Crippen molar-refractivity contribution in [2.75, 3.05) is 52.6 Å². The van der Waals surface area contributed by atoms with Crippen LogP contribution in [0.1, 0.15) is 38.8 Å². The van der Waals surface area contributed by atoms with Crippen molar-refractivity contribution in [2.45, 2.75) is 38.2 Å². The lowest BCUT2D eigenvalue weighted by molar-refractivity contribution is 0.00234. The van der Waals surface area contributed by atoms with Crippen molar-refractivity contribution in [1.29, 1.82) is 0 Å². The molecule has 2 saturated heterocycles. The zero-order valence-electron chi connectivity index (χ0n) is 16.9. The number of benzene rings is 1. The molecular formula is C22H33ClN2O2. The first-order valence-electron chi connectivity index (χ1n) is 10.1. The van der Waals surface area contributed by atoms with Crippen molar-refractivity contribution in [3.63, 3.8) is 0 Å². The number of nitrogens with zero attached hydrogens (tertiary/aromatic N) is 2. The van der Waals surface area contributed by atoms with E-state index < -0.39 is 5.00 Å². The van der Waals surface area contributed by atoms with Crippen LogP contribution in [0.25, 0.3) is 0 Å². The van der Waals surface area contributed by atoms with E-state index in [0.29, 0.717) is 0 Å². The van der Waals surface area contributed by atoms with E-state index >= 15 is 0 Å². The molecule has 2 aliphatic rings. The van der Waals surface area contributed by atoms with Crippen LogP contribution in [0.2, 0.25) is 0 Å². The summed E-state index contributed by atoms with van der Waals surface area (Å²) in [5.41, 5.74) is 4.00. The normalized spacial score (nSPS) is 24.1. The number of rotatable bonds is 6. The molecule has 150 valence electrons. The summed E-state index contributed by atoms with van der Waals surface area (Å²) in [5.74, 6) is 0. The summed E-state index contributed by atoms with van der Waals surface area (Å²) < 4.78 is 11.2. The predicted molar refractivity (Wildman–Crippen MR) is 111 cm³/mol. The van der Waals surface area contributed by atoms with Gasteiger partial charge in [-0.2, -0.15) is 0 Å². The molecule has 1 aromatic rings. The number of ether oxygens (including phenoxy) is 2. The van der Waals surface area contributed by atoms with Crippen LogP contribution in [0.3, 0.4) is 0 Å². The summed E-state index contributed by atoms with van der Waals surface area (Å²) in [5, 5.41) is 0. The molecule has 5 heteroatoms. The lowest BCUT2D eigenvalue weighted by Crippen LogP contribution is -2.53. The van der Waals surface area contributed by atoms with Crippen LogP contribution in [0.5, 0.6) is 0 Å². The van der Waals surface area contributed by atoms with Crippen molar-refractivity contribution in [3.05, 3.63) is 47.0 Å². The molecule has 2 atom stereocenters. The topological polar surface area (TPSA) is 24.9 Å². The van der Waals surface area contributed by atoms with Gasteiger partial charge in [0.05, 0.1) is 32.5 Å². The molecule has 1 aromatic carbocycles. The summed E-state index contributed by atoms with van der Waals surface area (Å²) in [6, 6.07) is 11.0. The molecule has 0 aromatic heterocycles. The molecule has 0 spiro atoms. The SMILES string of the molecule is CCC(C)=C(C(c1ccccc1)N1CCOCC1)C(C)(Cl)N1CCOCC1. The summed E-state index contributed by atoms with van der Waals surface area (Å²) >= 11 is 7.37. The van der Waals surface area contributed by atoms with Crippen LogP contribution in [-0.2, 0) is 9.47 Å². The van der Waals surface area contributed by atoms with E-state index in [-0.39, 0.29) is 6.04 Å². The zero-order valence-corrected chi connectivity index (χ0v) is 17.7. The third-order valence-electron chi connectivity index (χ3n) is 5.89. The molecule has 0 radical (unpaired) electrons. The first kappa shape index (κ1) is 20.8. The molecule has 3 rings (SSSR count). The Kier molecular flexibility index (Phi) is 7.35. The molecule has 2 heterocycles. The highest BCUT2D eigenvalue weighted by Crippen LogP contribution is 2.43. The minimum absolute atomic E-state index is 0.167. The Bertz CT molecular complexity index is 620. The lowest BCUT2D eigenvalue weighted by atomic mass is 9.86. The summed E-state index contributed by atoms with van der Waals surface area (Å²) in [4.78, 5) is 4.38. The third kappa shape index (κ3) is 4.75. The van der Waals surface area contributed by atoms with Gasteiger partial charge in [0.15, 0.2) is 0 Å². The Balaban J connectivity index is 2.05. The highest BCUT2D eigenvalue weighted by molar-refractivity contribution is 6.25. The monoisotopic (exact) mass is 392 g/mol. The molecule has 0 amide bonds. The van der Waals surface area contributed by atoms with Gasteiger partial charge < -0.3 is 9.47 Å². The second-order valence-electron chi connectivity index (χ2n) is 7.56. The molecule has 2 fully saturated rings. The minimum Gasteiger partial charge on any atom is -0.379 e. The van der Waals surface area contributed by atoms with E-state index in [1.165, 1.54) is 16.7 Å². The molecule has 0 saturated carbocycles. The van der Waals surface area contributed by atoms with E-state index in [2.05, 4.69) is 60.9 Å². The molecular weight excluding hydrogens is 360 g/mol. The van der Waals surface area contributed by atoms with Crippen molar-refractivity contribution in [3.8, 4) is 0 Å². The number of morpholine rings is 2. The molecule has 0 N–H and O–H groups in total. The van der Waals surface area contributed by atoms with Gasteiger partial charge in [0.1, 0.15) is 5.00 Å². The van der Waals surface area contributed by atoms with Gasteiger partial charge in [-0.15, -0.1) is 0 Å². The molecule has 27 heavy (non-hydrogen) atoms. The number of halogens is 1. The van der Waals surface area contributed by atoms with Crippen LogP contribution < -0.4 is 0 Å². The van der Waals surface area contributed by atoms with Crippen LogP contribution in [-0.4, -0.2) is 67.4 Å². The molecule has 0 aliphatic carbocycles. The highest BCUT2D eigenvalue weighted by Gasteiger charge is 2.41. The van der Waals surface area contributed by atoms with Crippen LogP contribution in [0, 0.1) is 0 Å². The fraction of sp³-hybridized carbons (Fsp3) is 0.636. The maximum Gasteiger partial charge on any atom is 0.117 e. The Labute approximate surface area is 169 Å². The highest BCUT2D eigenvalue weighted by atomic mass is 35.5. The summed E-state index contributed by atoms with van der Waals surface area (Å²) in [6.45, 7) is 13.3. The smallest absolute Gasteiger partial charge is 0.117 e. The molecule has 4 nitrogen and oxygen atoms in total. The Morgan fingerprint density at radius 1 is 1.04 bits per heavy atom. The average molecular weight is 393 g/mol. The minimum atomic E-state index is -0.539. The first-order valence-corrected chi connectivity index (χ1v) is 10.5. The van der Waals surface area contributed by atoms with Gasteiger partial charge >= 0.3 is 0 Å². The van der Waals surface area contributed by atoms with Gasteiger partial charge in [-0.1, -0.05) is 54.4 Å². The second kappa shape index (κ2) is 9.53. The van der Waals surface area contributed by atoms with Gasteiger partial charge in [-0.05, 0) is 31.4 Å². The fourth-order valence-corrected chi connectivity index (χ4v) is 4.68. The number of allylic oxidation sites excluding steroid dienone is 1. The number of hydrogen-bond donors (Lipinski definition) is 0. The fourth-order valence-electron chi connectivity index (χ4n) is 4.25. The molecule has 2 unspecified atom stereocenters. The third-order valence-corrected chi connectivity index (χ3v) is 6.33. The van der Waals surface area contributed by atoms with Gasteiger partial charge in [0.25, 0.3) is 0 Å². The summed E-state index contributed by atoms with van der Waals surface area (Å²) in [6.07, 6.45) is 0.996. The Morgan fingerprint density at radius 3 is 2.15 bits per heavy atom. The quantitative estimate of drug-likeness (QED) is 0.414. The van der Waals surface area contributed by atoms with Crippen LogP contribution >= 0.6 is 11.6 Å². The van der Waals surface area contributed by atoms with E-state index in [4.69, 9.17) is 21.1 Å². The Hall–Kier alpha value is -0.910. The predicted octanol–water partition coefficient (Wildman–Crippen LogP) is 4.07. The second-order valence-corrected chi connectivity index (χ2v) is 8.30. The van der Waals surface area contributed by atoms with Crippen molar-refractivity contribution in [1.82, 2.24) is 9.80 Å². The molecule has 0 bridgehead atoms. The van der Waals surface area contributed by atoms with Gasteiger partial charge in [0, 0.05) is 26.2 Å². The average Bonchev–Trinajstić information content (AvgIpc) is 2.73. The molecule has 2 aliphatic heterocycles. The van der Waals surface area contributed by atoms with Crippen LogP contribution in [0.15, 0.2) is 41.5 Å². The Morgan fingerprint density at radius 2 is 1.59 bits per heavy atom. The zero-order chi connectivity index (χ0) is 19.3. The van der Waals surface area contributed by atoms with Gasteiger partial charge in [0.2, 0.25) is 0 Å². The maximum absolute atomic E-state index is 7.37. The first-order chi connectivity index (χ1) is 13.1. The standard InChI is InChI=1S/C22H33ClN2O2/c1-4-18(2)20(22(3,23)25-12-16-27-17-13-25)21(19-8-6-5-7-9-19)24-10-14-26-15-11-24/h5-9,21H,4,10-17H2,1-3H3. The van der Waals surface area contributed by atoms with Crippen molar-refractivity contribution >= 4 is 11.6 Å². The van der Waals surface area contributed by atoms with E-state index in [9.17, 15) is 0 Å². The van der Waals surface area contributed by atoms with E-state index in [0.717, 1.165) is 59.0 Å². The lowest BCUT2D eigenvalue weighted by Gasteiger charge is -2.47.